The van der Waals surface area contributed by atoms with Gasteiger partial charge in [-0.1, -0.05) is 64.5 Å². The van der Waals surface area contributed by atoms with Gasteiger partial charge in [0.15, 0.2) is 0 Å². The zero-order valence-corrected chi connectivity index (χ0v) is 24.8. The average molecular weight is 645 g/mol. The van der Waals surface area contributed by atoms with Crippen LogP contribution in [0.25, 0.3) is 0 Å². The molecule has 3 aromatic carbocycles. The van der Waals surface area contributed by atoms with Crippen LogP contribution < -0.4 is 19.8 Å². The van der Waals surface area contributed by atoms with E-state index in [1.807, 2.05) is 0 Å². The van der Waals surface area contributed by atoms with E-state index < -0.39 is 45.5 Å². The van der Waals surface area contributed by atoms with Gasteiger partial charge in [0.25, 0.3) is 0 Å². The van der Waals surface area contributed by atoms with Crippen molar-refractivity contribution < 1.29 is 23.5 Å². The van der Waals surface area contributed by atoms with Crippen LogP contribution in [0, 0.1) is 11.7 Å². The van der Waals surface area contributed by atoms with E-state index in [0.29, 0.717) is 31.9 Å². The number of carbonyl (C=O) groups excluding carboxylic acids is 3. The summed E-state index contributed by atoms with van der Waals surface area (Å²) in [5, 5.41) is 2.83. The standard InChI is InChI=1S/C29H20Cl2FN3O5S2/c1-40-20-5-3-2-4-17(20)22-23-24(27(38)35(26(23)37)16-9-6-14(32)7-10-16)41-28-25(22)42-29(39)34(28)13-21(36)33-15-8-11-18(30)19(31)12-15/h2-12,22-24H,13H2,1H3,(H,33,36)/t22-,23-,24+/m0/s1. The van der Waals surface area contributed by atoms with E-state index in [9.17, 15) is 23.6 Å². The minimum atomic E-state index is -0.900. The lowest BCUT2D eigenvalue weighted by atomic mass is 9.82. The molecular formula is C29H20Cl2FN3O5S2. The number of fused-ring (bicyclic) bond motifs is 2. The average Bonchev–Trinajstić information content (AvgIpc) is 3.41. The van der Waals surface area contributed by atoms with Crippen LogP contribution >= 0.6 is 46.3 Å². The normalized spacial score (nSPS) is 19.4. The molecule has 42 heavy (non-hydrogen) atoms. The van der Waals surface area contributed by atoms with Gasteiger partial charge in [-0.2, -0.15) is 0 Å². The Morgan fingerprint density at radius 1 is 1.00 bits per heavy atom. The lowest BCUT2D eigenvalue weighted by Gasteiger charge is -2.31. The van der Waals surface area contributed by atoms with Crippen molar-refractivity contribution in [2.75, 3.05) is 17.3 Å². The molecule has 0 aliphatic carbocycles. The molecule has 3 heterocycles. The van der Waals surface area contributed by atoms with Gasteiger partial charge >= 0.3 is 4.87 Å². The molecule has 4 aromatic rings. The van der Waals surface area contributed by atoms with Gasteiger partial charge in [0.05, 0.1) is 33.8 Å². The summed E-state index contributed by atoms with van der Waals surface area (Å²) in [4.78, 5) is 55.3. The number of halogens is 3. The molecule has 13 heteroatoms. The van der Waals surface area contributed by atoms with Crippen molar-refractivity contribution in [3.63, 3.8) is 0 Å². The van der Waals surface area contributed by atoms with Crippen LogP contribution in [0.15, 0.2) is 76.6 Å². The third-order valence-corrected chi connectivity index (χ3v) is 10.5. The maximum atomic E-state index is 13.9. The van der Waals surface area contributed by atoms with E-state index in [-0.39, 0.29) is 17.3 Å². The van der Waals surface area contributed by atoms with Crippen LogP contribution in [0.2, 0.25) is 10.0 Å². The Hall–Kier alpha value is -3.64. The van der Waals surface area contributed by atoms with E-state index >= 15 is 0 Å². The first-order valence-corrected chi connectivity index (χ1v) is 15.0. The first kappa shape index (κ1) is 28.5. The monoisotopic (exact) mass is 643 g/mol. The maximum absolute atomic E-state index is 13.9. The molecule has 0 radical (unpaired) electrons. The Labute approximate surface area is 257 Å². The second kappa shape index (κ2) is 11.2. The third kappa shape index (κ3) is 4.90. The summed E-state index contributed by atoms with van der Waals surface area (Å²) in [6.45, 7) is -0.336. The topological polar surface area (TPSA) is 97.7 Å². The molecule has 214 valence electrons. The number of para-hydroxylation sites is 1. The summed E-state index contributed by atoms with van der Waals surface area (Å²) < 4.78 is 20.6. The number of thiazole rings is 1. The Kier molecular flexibility index (Phi) is 7.61. The first-order chi connectivity index (χ1) is 20.2. The predicted molar refractivity (Wildman–Crippen MR) is 161 cm³/mol. The number of anilines is 2. The first-order valence-electron chi connectivity index (χ1n) is 12.6. The number of aromatic nitrogens is 1. The number of amides is 3. The summed E-state index contributed by atoms with van der Waals surface area (Å²) in [5.74, 6) is -3.03. The Bertz CT molecular complexity index is 1810. The molecule has 0 spiro atoms. The zero-order valence-electron chi connectivity index (χ0n) is 21.7. The van der Waals surface area contributed by atoms with Crippen molar-refractivity contribution in [2.45, 2.75) is 22.7 Å². The van der Waals surface area contributed by atoms with Crippen LogP contribution in [-0.2, 0) is 20.9 Å². The highest BCUT2D eigenvalue weighted by Crippen LogP contribution is 2.55. The molecule has 0 unspecified atom stereocenters. The molecule has 1 saturated heterocycles. The Morgan fingerprint density at radius 3 is 2.45 bits per heavy atom. The third-order valence-electron chi connectivity index (χ3n) is 7.11. The molecule has 8 nitrogen and oxygen atoms in total. The molecular weight excluding hydrogens is 624 g/mol. The quantitative estimate of drug-likeness (QED) is 0.267. The molecule has 1 N–H and O–H groups in total. The lowest BCUT2D eigenvalue weighted by molar-refractivity contribution is -0.122. The van der Waals surface area contributed by atoms with Crippen LogP contribution in [0.5, 0.6) is 5.75 Å². The van der Waals surface area contributed by atoms with Crippen LogP contribution in [0.1, 0.15) is 16.4 Å². The fourth-order valence-electron chi connectivity index (χ4n) is 5.28. The molecule has 3 atom stereocenters. The largest absolute Gasteiger partial charge is 0.496 e. The summed E-state index contributed by atoms with van der Waals surface area (Å²) in [7, 11) is 1.50. The number of methoxy groups -OCH3 is 1. The summed E-state index contributed by atoms with van der Waals surface area (Å²) >= 11 is 14.0. The molecule has 6 rings (SSSR count). The zero-order chi connectivity index (χ0) is 29.7. The predicted octanol–water partition coefficient (Wildman–Crippen LogP) is 5.80. The Balaban J connectivity index is 1.42. The number of hydrogen-bond donors (Lipinski definition) is 1. The van der Waals surface area contributed by atoms with Gasteiger partial charge in [-0.3, -0.25) is 23.7 Å². The van der Waals surface area contributed by atoms with Gasteiger partial charge in [-0.25, -0.2) is 9.29 Å². The van der Waals surface area contributed by atoms with Gasteiger partial charge < -0.3 is 10.1 Å². The number of nitrogens with zero attached hydrogens (tertiary/aromatic N) is 2. The van der Waals surface area contributed by atoms with E-state index in [1.54, 1.807) is 36.4 Å². The number of rotatable bonds is 6. The van der Waals surface area contributed by atoms with E-state index in [0.717, 1.165) is 28.0 Å². The summed E-state index contributed by atoms with van der Waals surface area (Å²) in [6.07, 6.45) is 0. The van der Waals surface area contributed by atoms with Crippen molar-refractivity contribution >= 4 is 75.4 Å². The fourth-order valence-corrected chi connectivity index (χ4v) is 8.34. The highest BCUT2D eigenvalue weighted by molar-refractivity contribution is 8.00. The number of carbonyl (C=O) groups is 3. The summed E-state index contributed by atoms with van der Waals surface area (Å²) in [5.41, 5.74) is 1.28. The fraction of sp³-hybridized carbons (Fsp3) is 0.172. The maximum Gasteiger partial charge on any atom is 0.308 e. The lowest BCUT2D eigenvalue weighted by Crippen LogP contribution is -2.33. The second-order valence-corrected chi connectivity index (χ2v) is 12.5. The Morgan fingerprint density at radius 2 is 1.74 bits per heavy atom. The SMILES string of the molecule is COc1ccccc1[C@@H]1c2sc(=O)n(CC(=O)Nc3ccc(Cl)c(Cl)c3)c2S[C@H]2C(=O)N(c3ccc(F)cc3)C(=O)[C@@H]12. The van der Waals surface area contributed by atoms with Gasteiger partial charge in [0.2, 0.25) is 17.7 Å². The number of benzene rings is 3. The minimum absolute atomic E-state index is 0.252. The van der Waals surface area contributed by atoms with Crippen molar-refractivity contribution in [1.29, 1.82) is 0 Å². The van der Waals surface area contributed by atoms with E-state index in [4.69, 9.17) is 27.9 Å². The number of ether oxygens (including phenoxy) is 1. The number of thioether (sulfide) groups is 1. The van der Waals surface area contributed by atoms with Crippen molar-refractivity contribution in [1.82, 2.24) is 4.57 Å². The molecule has 2 aliphatic heterocycles. The van der Waals surface area contributed by atoms with E-state index in [1.165, 1.54) is 42.0 Å². The van der Waals surface area contributed by atoms with Crippen LogP contribution in [0.4, 0.5) is 15.8 Å². The number of imide groups is 1. The smallest absolute Gasteiger partial charge is 0.308 e. The van der Waals surface area contributed by atoms with Crippen molar-refractivity contribution in [3.05, 3.63) is 103 Å². The molecule has 1 fully saturated rings. The van der Waals surface area contributed by atoms with Crippen molar-refractivity contribution in [3.8, 4) is 5.75 Å². The van der Waals surface area contributed by atoms with Crippen molar-refractivity contribution in [2.24, 2.45) is 5.92 Å². The second-order valence-electron chi connectivity index (χ2n) is 9.57. The van der Waals surface area contributed by atoms with Crippen LogP contribution in [0.3, 0.4) is 0 Å². The van der Waals surface area contributed by atoms with E-state index in [2.05, 4.69) is 5.32 Å². The van der Waals surface area contributed by atoms with Gasteiger partial charge in [0, 0.05) is 22.0 Å². The molecule has 2 aliphatic rings. The summed E-state index contributed by atoms with van der Waals surface area (Å²) in [6, 6.07) is 16.9. The number of hydrogen-bond acceptors (Lipinski definition) is 7. The van der Waals surface area contributed by atoms with Crippen LogP contribution in [-0.4, -0.2) is 34.6 Å². The molecule has 3 amide bonds. The van der Waals surface area contributed by atoms with Gasteiger partial charge in [-0.15, -0.1) is 0 Å². The molecule has 1 aromatic heterocycles. The number of nitrogens with one attached hydrogen (secondary N) is 1. The van der Waals surface area contributed by atoms with Gasteiger partial charge in [-0.05, 0) is 48.5 Å². The highest BCUT2D eigenvalue weighted by Gasteiger charge is 2.57. The highest BCUT2D eigenvalue weighted by atomic mass is 35.5. The minimum Gasteiger partial charge on any atom is -0.496 e. The molecule has 0 saturated carbocycles. The molecule has 0 bridgehead atoms. The van der Waals surface area contributed by atoms with Gasteiger partial charge in [0.1, 0.15) is 23.4 Å².